The van der Waals surface area contributed by atoms with Crippen LogP contribution in [0.1, 0.15) is 5.69 Å². The first-order valence-electron chi connectivity index (χ1n) is 4.42. The zero-order valence-corrected chi connectivity index (χ0v) is 9.55. The summed E-state index contributed by atoms with van der Waals surface area (Å²) in [5.74, 6) is 0. The van der Waals surface area contributed by atoms with Crippen LogP contribution < -0.4 is 0 Å². The molecule has 0 aliphatic rings. The average Bonchev–Trinajstić information content (AvgIpc) is 2.23. The zero-order valence-electron chi connectivity index (χ0n) is 8.04. The molecule has 1 heterocycles. The van der Waals surface area contributed by atoms with Gasteiger partial charge in [0.25, 0.3) is 0 Å². The Bertz CT molecular complexity index is 480. The van der Waals surface area contributed by atoms with Crippen LogP contribution in [0.25, 0.3) is 11.1 Å². The lowest BCUT2D eigenvalue weighted by molar-refractivity contribution is 0.984. The quantitative estimate of drug-likeness (QED) is 0.757. The lowest BCUT2D eigenvalue weighted by Gasteiger charge is -2.04. The average molecular weight is 239 g/mol. The maximum Gasteiger partial charge on any atom is 0.152 e. The van der Waals surface area contributed by atoms with Gasteiger partial charge in [-0.1, -0.05) is 35.3 Å². The van der Waals surface area contributed by atoms with Crippen LogP contribution in [0, 0.1) is 6.92 Å². The standard InChI is InChI=1S/C11H8Cl2N2/c1-7-10(6-11(13)15-14-7)8-2-4-9(12)5-3-8/h2-6H,1H3. The van der Waals surface area contributed by atoms with E-state index in [0.717, 1.165) is 16.8 Å². The third kappa shape index (κ3) is 2.28. The van der Waals surface area contributed by atoms with Gasteiger partial charge >= 0.3 is 0 Å². The molecule has 0 saturated heterocycles. The molecule has 0 aliphatic carbocycles. The second-order valence-corrected chi connectivity index (χ2v) is 4.00. The number of nitrogens with zero attached hydrogens (tertiary/aromatic N) is 2. The summed E-state index contributed by atoms with van der Waals surface area (Å²) in [4.78, 5) is 0. The predicted octanol–water partition coefficient (Wildman–Crippen LogP) is 3.76. The summed E-state index contributed by atoms with van der Waals surface area (Å²) < 4.78 is 0. The minimum absolute atomic E-state index is 0.394. The predicted molar refractivity (Wildman–Crippen MR) is 62.2 cm³/mol. The van der Waals surface area contributed by atoms with Crippen LogP contribution in [-0.2, 0) is 0 Å². The number of hydrogen-bond acceptors (Lipinski definition) is 2. The monoisotopic (exact) mass is 238 g/mol. The third-order valence-electron chi connectivity index (χ3n) is 2.10. The summed E-state index contributed by atoms with van der Waals surface area (Å²) in [5.41, 5.74) is 2.86. The molecular formula is C11H8Cl2N2. The van der Waals surface area contributed by atoms with Crippen molar-refractivity contribution in [1.29, 1.82) is 0 Å². The van der Waals surface area contributed by atoms with Gasteiger partial charge in [-0.15, -0.1) is 5.10 Å². The molecule has 0 radical (unpaired) electrons. The van der Waals surface area contributed by atoms with Crippen molar-refractivity contribution in [2.24, 2.45) is 0 Å². The van der Waals surface area contributed by atoms with Gasteiger partial charge in [-0.2, -0.15) is 5.10 Å². The molecule has 0 atom stereocenters. The Hall–Kier alpha value is -1.12. The normalized spacial score (nSPS) is 10.3. The van der Waals surface area contributed by atoms with Crippen LogP contribution in [0.4, 0.5) is 0 Å². The maximum atomic E-state index is 5.82. The van der Waals surface area contributed by atoms with E-state index in [9.17, 15) is 0 Å². The molecule has 0 aliphatic heterocycles. The molecule has 0 saturated carbocycles. The van der Waals surface area contributed by atoms with Crippen LogP contribution in [0.2, 0.25) is 10.2 Å². The summed E-state index contributed by atoms with van der Waals surface area (Å²) in [6.45, 7) is 1.90. The van der Waals surface area contributed by atoms with Gasteiger partial charge in [-0.3, -0.25) is 0 Å². The van der Waals surface area contributed by atoms with E-state index in [1.807, 2.05) is 31.2 Å². The highest BCUT2D eigenvalue weighted by atomic mass is 35.5. The van der Waals surface area contributed by atoms with E-state index in [2.05, 4.69) is 10.2 Å². The van der Waals surface area contributed by atoms with Crippen molar-refractivity contribution < 1.29 is 0 Å². The summed E-state index contributed by atoms with van der Waals surface area (Å²) >= 11 is 11.6. The number of halogens is 2. The second kappa shape index (κ2) is 4.17. The third-order valence-corrected chi connectivity index (χ3v) is 2.54. The first kappa shape index (κ1) is 10.4. The van der Waals surface area contributed by atoms with Crippen molar-refractivity contribution in [2.45, 2.75) is 6.92 Å². The molecule has 0 bridgehead atoms. The van der Waals surface area contributed by atoms with Crippen LogP contribution in [-0.4, -0.2) is 10.2 Å². The second-order valence-electron chi connectivity index (χ2n) is 3.17. The fourth-order valence-electron chi connectivity index (χ4n) is 1.35. The number of aromatic nitrogens is 2. The Morgan fingerprint density at radius 3 is 2.33 bits per heavy atom. The molecule has 0 spiro atoms. The minimum Gasteiger partial charge on any atom is -0.154 e. The Balaban J connectivity index is 2.53. The molecule has 0 amide bonds. The number of aryl methyl sites for hydroxylation is 1. The summed E-state index contributed by atoms with van der Waals surface area (Å²) in [7, 11) is 0. The van der Waals surface area contributed by atoms with Crippen molar-refractivity contribution in [1.82, 2.24) is 10.2 Å². The van der Waals surface area contributed by atoms with Gasteiger partial charge in [0, 0.05) is 10.6 Å². The molecule has 2 rings (SSSR count). The SMILES string of the molecule is Cc1nnc(Cl)cc1-c1ccc(Cl)cc1. The Morgan fingerprint density at radius 1 is 1.00 bits per heavy atom. The number of rotatable bonds is 1. The molecule has 2 aromatic rings. The molecule has 0 unspecified atom stereocenters. The van der Waals surface area contributed by atoms with Crippen molar-refractivity contribution in [3.63, 3.8) is 0 Å². The number of benzene rings is 1. The first-order valence-corrected chi connectivity index (χ1v) is 5.18. The lowest BCUT2D eigenvalue weighted by atomic mass is 10.1. The molecule has 1 aromatic heterocycles. The molecule has 4 heteroatoms. The lowest BCUT2D eigenvalue weighted by Crippen LogP contribution is -1.91. The summed E-state index contributed by atoms with van der Waals surface area (Å²) in [6, 6.07) is 9.34. The number of hydrogen-bond donors (Lipinski definition) is 0. The van der Waals surface area contributed by atoms with Gasteiger partial charge in [0.1, 0.15) is 0 Å². The smallest absolute Gasteiger partial charge is 0.152 e. The van der Waals surface area contributed by atoms with Gasteiger partial charge in [0.2, 0.25) is 0 Å². The van der Waals surface area contributed by atoms with Gasteiger partial charge in [0.15, 0.2) is 5.15 Å². The van der Waals surface area contributed by atoms with E-state index < -0.39 is 0 Å². The summed E-state index contributed by atoms with van der Waals surface area (Å²) in [6.07, 6.45) is 0. The van der Waals surface area contributed by atoms with Crippen LogP contribution >= 0.6 is 23.2 Å². The molecule has 0 N–H and O–H groups in total. The largest absolute Gasteiger partial charge is 0.154 e. The molecule has 0 fully saturated rings. The van der Waals surface area contributed by atoms with Gasteiger partial charge in [0.05, 0.1) is 5.69 Å². The zero-order chi connectivity index (χ0) is 10.8. The van der Waals surface area contributed by atoms with Crippen molar-refractivity contribution in [3.8, 4) is 11.1 Å². The highest BCUT2D eigenvalue weighted by Crippen LogP contribution is 2.24. The molecular weight excluding hydrogens is 231 g/mol. The fourth-order valence-corrected chi connectivity index (χ4v) is 1.62. The Kier molecular flexibility index (Phi) is 2.89. The summed E-state index contributed by atoms with van der Waals surface area (Å²) in [5, 5.41) is 8.84. The van der Waals surface area contributed by atoms with E-state index in [1.54, 1.807) is 6.07 Å². The molecule has 76 valence electrons. The highest BCUT2D eigenvalue weighted by Gasteiger charge is 2.04. The highest BCUT2D eigenvalue weighted by molar-refractivity contribution is 6.30. The Labute approximate surface area is 97.9 Å². The van der Waals surface area contributed by atoms with E-state index >= 15 is 0 Å². The van der Waals surface area contributed by atoms with Gasteiger partial charge in [-0.25, -0.2) is 0 Å². The topological polar surface area (TPSA) is 25.8 Å². The van der Waals surface area contributed by atoms with Crippen LogP contribution in [0.15, 0.2) is 30.3 Å². The Morgan fingerprint density at radius 2 is 1.67 bits per heavy atom. The maximum absolute atomic E-state index is 5.82. The van der Waals surface area contributed by atoms with Crippen molar-refractivity contribution in [2.75, 3.05) is 0 Å². The van der Waals surface area contributed by atoms with E-state index in [4.69, 9.17) is 23.2 Å². The first-order chi connectivity index (χ1) is 7.16. The fraction of sp³-hybridized carbons (Fsp3) is 0.0909. The molecule has 15 heavy (non-hydrogen) atoms. The van der Waals surface area contributed by atoms with E-state index in [1.165, 1.54) is 0 Å². The van der Waals surface area contributed by atoms with E-state index in [-0.39, 0.29) is 0 Å². The van der Waals surface area contributed by atoms with Crippen molar-refractivity contribution in [3.05, 3.63) is 46.2 Å². The van der Waals surface area contributed by atoms with Gasteiger partial charge < -0.3 is 0 Å². The molecule has 1 aromatic carbocycles. The van der Waals surface area contributed by atoms with Crippen LogP contribution in [0.5, 0.6) is 0 Å². The van der Waals surface area contributed by atoms with E-state index in [0.29, 0.717) is 10.2 Å². The molecule has 2 nitrogen and oxygen atoms in total. The van der Waals surface area contributed by atoms with Crippen LogP contribution in [0.3, 0.4) is 0 Å². The minimum atomic E-state index is 0.394. The van der Waals surface area contributed by atoms with Gasteiger partial charge in [-0.05, 0) is 30.7 Å². The van der Waals surface area contributed by atoms with Crippen molar-refractivity contribution >= 4 is 23.2 Å².